The minimum Gasteiger partial charge on any atom is -0.415 e. The smallest absolute Gasteiger partial charge is 0.287 e. The number of nitriles is 2. The fourth-order valence-electron chi connectivity index (χ4n) is 3.22. The zero-order chi connectivity index (χ0) is 19.8. The minimum absolute atomic E-state index is 0.106. The second-order valence-electron chi connectivity index (χ2n) is 6.32. The highest BCUT2D eigenvalue weighted by atomic mass is 16.5. The van der Waals surface area contributed by atoms with E-state index >= 15 is 0 Å². The molecule has 4 nitrogen and oxygen atoms in total. The van der Waals surface area contributed by atoms with Crippen molar-refractivity contribution in [2.45, 2.75) is 32.0 Å². The maximum absolute atomic E-state index is 9.05. The van der Waals surface area contributed by atoms with Gasteiger partial charge >= 0.3 is 0 Å². The van der Waals surface area contributed by atoms with Crippen molar-refractivity contribution in [2.24, 2.45) is 0 Å². The van der Waals surface area contributed by atoms with Gasteiger partial charge < -0.3 is 9.47 Å². The first-order chi connectivity index (χ1) is 13.1. The summed E-state index contributed by atoms with van der Waals surface area (Å²) in [5.74, 6) is 0.106. The summed E-state index contributed by atoms with van der Waals surface area (Å²) in [5, 5.41) is 18.1. The van der Waals surface area contributed by atoms with E-state index in [-0.39, 0.29) is 5.92 Å². The van der Waals surface area contributed by atoms with Crippen LogP contribution in [-0.4, -0.2) is 0 Å². The first-order valence-corrected chi connectivity index (χ1v) is 8.65. The van der Waals surface area contributed by atoms with E-state index in [1.54, 1.807) is 24.7 Å². The van der Waals surface area contributed by atoms with Gasteiger partial charge in [0.05, 0.1) is 0 Å². The Bertz CT molecular complexity index is 840. The van der Waals surface area contributed by atoms with E-state index in [0.29, 0.717) is 0 Å². The van der Waals surface area contributed by atoms with Crippen LogP contribution in [0.4, 0.5) is 0 Å². The molecule has 0 saturated carbocycles. The molecule has 0 aliphatic heterocycles. The highest BCUT2D eigenvalue weighted by Gasteiger charge is 2.24. The van der Waals surface area contributed by atoms with Crippen LogP contribution >= 0.6 is 0 Å². The van der Waals surface area contributed by atoms with E-state index in [2.05, 4.69) is 13.2 Å². The average Bonchev–Trinajstić information content (AvgIpc) is 2.69. The largest absolute Gasteiger partial charge is 0.415 e. The second-order valence-corrected chi connectivity index (χ2v) is 6.32. The standard InChI is InChI=1S/C23H22N2O2/c1-5-21(26-14-24)19-12-18(17-10-8-7-9-11-17)13-20(23(19)16(3)4)22(6-2)27-15-25/h5-13,16,21-22H,1-2H2,3-4H3. The van der Waals surface area contributed by atoms with Crippen molar-refractivity contribution in [3.05, 3.63) is 84.5 Å². The lowest BCUT2D eigenvalue weighted by atomic mass is 9.84. The van der Waals surface area contributed by atoms with Crippen molar-refractivity contribution in [2.75, 3.05) is 0 Å². The Kier molecular flexibility index (Phi) is 6.80. The SMILES string of the molecule is C=CC(OC#N)c1cc(-c2ccccc2)cc(C(C=C)OC#N)c1C(C)C. The van der Waals surface area contributed by atoms with Gasteiger partial charge in [-0.05, 0) is 46.9 Å². The lowest BCUT2D eigenvalue weighted by Gasteiger charge is -2.25. The first-order valence-electron chi connectivity index (χ1n) is 8.65. The first kappa shape index (κ1) is 19.8. The molecular weight excluding hydrogens is 336 g/mol. The third-order valence-electron chi connectivity index (χ3n) is 4.33. The number of nitrogens with zero attached hydrogens (tertiary/aromatic N) is 2. The van der Waals surface area contributed by atoms with Crippen LogP contribution in [0.5, 0.6) is 0 Å². The fraction of sp³-hybridized carbons (Fsp3) is 0.217. The molecular formula is C23H22N2O2. The van der Waals surface area contributed by atoms with Crippen LogP contribution in [0.2, 0.25) is 0 Å². The van der Waals surface area contributed by atoms with E-state index < -0.39 is 12.2 Å². The maximum atomic E-state index is 9.05. The van der Waals surface area contributed by atoms with Crippen molar-refractivity contribution < 1.29 is 9.47 Å². The van der Waals surface area contributed by atoms with Crippen molar-refractivity contribution >= 4 is 0 Å². The van der Waals surface area contributed by atoms with Crippen LogP contribution in [-0.2, 0) is 9.47 Å². The summed E-state index contributed by atoms with van der Waals surface area (Å²) < 4.78 is 10.5. The van der Waals surface area contributed by atoms with Crippen LogP contribution in [0.1, 0.15) is 48.7 Å². The van der Waals surface area contributed by atoms with Crippen LogP contribution in [0.25, 0.3) is 11.1 Å². The summed E-state index contributed by atoms with van der Waals surface area (Å²) in [6.07, 6.45) is 5.51. The summed E-state index contributed by atoms with van der Waals surface area (Å²) in [5.41, 5.74) is 4.55. The van der Waals surface area contributed by atoms with E-state index in [9.17, 15) is 0 Å². The topological polar surface area (TPSA) is 66.0 Å². The molecule has 0 amide bonds. The van der Waals surface area contributed by atoms with Crippen LogP contribution < -0.4 is 0 Å². The van der Waals surface area contributed by atoms with Crippen molar-refractivity contribution in [1.29, 1.82) is 10.5 Å². The van der Waals surface area contributed by atoms with Crippen molar-refractivity contribution in [1.82, 2.24) is 0 Å². The van der Waals surface area contributed by atoms with Gasteiger partial charge in [-0.3, -0.25) is 0 Å². The van der Waals surface area contributed by atoms with Gasteiger partial charge in [-0.15, -0.1) is 0 Å². The highest BCUT2D eigenvalue weighted by molar-refractivity contribution is 5.67. The zero-order valence-corrected chi connectivity index (χ0v) is 15.6. The number of hydrogen-bond acceptors (Lipinski definition) is 4. The molecule has 0 aliphatic carbocycles. The van der Waals surface area contributed by atoms with Gasteiger partial charge in [0.2, 0.25) is 0 Å². The summed E-state index contributed by atoms with van der Waals surface area (Å²) in [6.45, 7) is 11.7. The third-order valence-corrected chi connectivity index (χ3v) is 4.33. The van der Waals surface area contributed by atoms with E-state index in [1.165, 1.54) is 0 Å². The Hall–Kier alpha value is -3.50. The Morgan fingerprint density at radius 1 is 0.852 bits per heavy atom. The number of ether oxygens (including phenoxy) is 2. The second kappa shape index (κ2) is 9.27. The highest BCUT2D eigenvalue weighted by Crippen LogP contribution is 2.39. The molecule has 2 aromatic carbocycles. The summed E-state index contributed by atoms with van der Waals surface area (Å²) in [7, 11) is 0. The number of rotatable bonds is 8. The van der Waals surface area contributed by atoms with Gasteiger partial charge in [0.25, 0.3) is 12.5 Å². The quantitative estimate of drug-likeness (QED) is 0.433. The van der Waals surface area contributed by atoms with Crippen LogP contribution in [0.3, 0.4) is 0 Å². The molecule has 0 radical (unpaired) electrons. The van der Waals surface area contributed by atoms with Crippen molar-refractivity contribution in [3.8, 4) is 23.6 Å². The van der Waals surface area contributed by atoms with Crippen LogP contribution in [0, 0.1) is 23.0 Å². The van der Waals surface area contributed by atoms with Gasteiger partial charge in [-0.1, -0.05) is 57.3 Å². The Morgan fingerprint density at radius 3 is 1.70 bits per heavy atom. The molecule has 2 unspecified atom stereocenters. The van der Waals surface area contributed by atoms with Gasteiger partial charge in [0.15, 0.2) is 12.2 Å². The van der Waals surface area contributed by atoms with Gasteiger partial charge in [0, 0.05) is 11.1 Å². The molecule has 0 aliphatic rings. The molecule has 2 aromatic rings. The number of hydrogen-bond donors (Lipinski definition) is 0. The average molecular weight is 358 g/mol. The molecule has 0 fully saturated rings. The molecule has 0 saturated heterocycles. The van der Waals surface area contributed by atoms with Crippen LogP contribution in [0.15, 0.2) is 67.8 Å². The minimum atomic E-state index is -0.595. The fourth-order valence-corrected chi connectivity index (χ4v) is 3.22. The van der Waals surface area contributed by atoms with E-state index in [4.69, 9.17) is 20.0 Å². The molecule has 0 bridgehead atoms. The Morgan fingerprint density at radius 2 is 1.33 bits per heavy atom. The Labute approximate surface area is 160 Å². The molecule has 0 heterocycles. The molecule has 0 N–H and O–H groups in total. The normalized spacial score (nSPS) is 12.3. The lowest BCUT2D eigenvalue weighted by Crippen LogP contribution is -2.11. The maximum Gasteiger partial charge on any atom is 0.287 e. The molecule has 0 aromatic heterocycles. The molecule has 2 atom stereocenters. The predicted octanol–water partition coefficient (Wildman–Crippen LogP) is 5.93. The molecule has 0 spiro atoms. The van der Waals surface area contributed by atoms with E-state index in [1.807, 2.05) is 56.3 Å². The summed E-state index contributed by atoms with van der Waals surface area (Å²) >= 11 is 0. The van der Waals surface area contributed by atoms with Gasteiger partial charge in [-0.25, -0.2) is 0 Å². The van der Waals surface area contributed by atoms with Crippen molar-refractivity contribution in [3.63, 3.8) is 0 Å². The third kappa shape index (κ3) is 4.37. The molecule has 136 valence electrons. The molecule has 4 heteroatoms. The van der Waals surface area contributed by atoms with E-state index in [0.717, 1.165) is 27.8 Å². The number of benzene rings is 2. The summed E-state index contributed by atoms with van der Waals surface area (Å²) in [6, 6.07) is 13.9. The van der Waals surface area contributed by atoms with Gasteiger partial charge in [0.1, 0.15) is 0 Å². The Balaban J connectivity index is 2.83. The predicted molar refractivity (Wildman–Crippen MR) is 105 cm³/mol. The lowest BCUT2D eigenvalue weighted by molar-refractivity contribution is 0.201. The zero-order valence-electron chi connectivity index (χ0n) is 15.6. The summed E-state index contributed by atoms with van der Waals surface area (Å²) in [4.78, 5) is 0. The van der Waals surface area contributed by atoms with Gasteiger partial charge in [-0.2, -0.15) is 10.5 Å². The monoisotopic (exact) mass is 358 g/mol. The molecule has 2 rings (SSSR count). The molecule has 27 heavy (non-hydrogen) atoms.